The second-order valence-electron chi connectivity index (χ2n) is 8.42. The molecule has 0 atom stereocenters. The normalized spacial score (nSPS) is 14.8. The Morgan fingerprint density at radius 2 is 1.41 bits per heavy atom. The van der Waals surface area contributed by atoms with Gasteiger partial charge in [0.15, 0.2) is 0 Å². The van der Waals surface area contributed by atoms with Crippen molar-refractivity contribution in [2.75, 3.05) is 36.0 Å². The minimum atomic E-state index is -0.353. The van der Waals surface area contributed by atoms with Gasteiger partial charge in [0.1, 0.15) is 5.69 Å². The minimum absolute atomic E-state index is 0.340. The Morgan fingerprint density at radius 3 is 2.03 bits per heavy atom. The topological polar surface area (TPSA) is 40.6 Å². The van der Waals surface area contributed by atoms with Gasteiger partial charge >= 0.3 is 0 Å². The van der Waals surface area contributed by atoms with Crippen molar-refractivity contribution >= 4 is 11.4 Å². The van der Waals surface area contributed by atoms with Gasteiger partial charge in [-0.3, -0.25) is 9.59 Å². The molecule has 150 valence electrons. The average Bonchev–Trinajstić information content (AvgIpc) is 2.73. The molecule has 0 aliphatic carbocycles. The fourth-order valence-electron chi connectivity index (χ4n) is 4.21. The largest absolute Gasteiger partial charge is 0.368 e. The van der Waals surface area contributed by atoms with E-state index in [1.165, 1.54) is 22.4 Å². The van der Waals surface area contributed by atoms with Gasteiger partial charge in [0.05, 0.1) is 5.56 Å². The van der Waals surface area contributed by atoms with Gasteiger partial charge in [0, 0.05) is 31.9 Å². The Balaban J connectivity index is 1.55. The fourth-order valence-corrected chi connectivity index (χ4v) is 4.21. The van der Waals surface area contributed by atoms with Crippen molar-refractivity contribution in [3.05, 3.63) is 79.6 Å². The summed E-state index contributed by atoms with van der Waals surface area (Å²) in [5.41, 5.74) is 6.37. The molecule has 0 spiro atoms. The maximum atomic E-state index is 12.4. The predicted octanol–water partition coefficient (Wildman–Crippen LogP) is 4.02. The lowest BCUT2D eigenvalue weighted by Gasteiger charge is -2.39. The quantitative estimate of drug-likeness (QED) is 0.633. The summed E-state index contributed by atoms with van der Waals surface area (Å²) in [6.07, 6.45) is 0. The highest BCUT2D eigenvalue weighted by Crippen LogP contribution is 2.30. The van der Waals surface area contributed by atoms with Crippen molar-refractivity contribution in [1.82, 2.24) is 0 Å². The smallest absolute Gasteiger partial charge is 0.250 e. The number of aryl methyl sites for hydroxylation is 2. The second-order valence-corrected chi connectivity index (χ2v) is 8.42. The molecule has 4 nitrogen and oxygen atoms in total. The minimum Gasteiger partial charge on any atom is -0.368 e. The van der Waals surface area contributed by atoms with Crippen LogP contribution in [-0.2, 0) is 0 Å². The van der Waals surface area contributed by atoms with E-state index in [0.29, 0.717) is 17.2 Å². The second kappa shape index (κ2) is 7.51. The van der Waals surface area contributed by atoms with Crippen LogP contribution >= 0.6 is 0 Å². The van der Waals surface area contributed by atoms with Crippen LogP contribution in [0.25, 0.3) is 11.1 Å². The maximum absolute atomic E-state index is 12.4. The molecule has 4 heteroatoms. The molecule has 0 unspecified atom stereocenters. The number of nitrogens with zero attached hydrogens (tertiary/aromatic N) is 2. The molecule has 3 aromatic carbocycles. The van der Waals surface area contributed by atoms with E-state index < -0.39 is 0 Å². The molecule has 1 aliphatic rings. The Morgan fingerprint density at radius 1 is 0.793 bits per heavy atom. The number of hydrogen-bond acceptors (Lipinski definition) is 4. The molecular weight excluding hydrogens is 360 g/mol. The standard InChI is InChI=1S/C25H28N2O2/c1-16(2)19-7-9-20(10-8-19)22-23(25(29)24(22)28)27-13-11-26(12-14-27)21-15-17(3)5-6-18(21)4/h5-10,15-16H,11-14H2,1-4H3. The summed E-state index contributed by atoms with van der Waals surface area (Å²) < 4.78 is 0. The fraction of sp³-hybridized carbons (Fsp3) is 0.360. The zero-order valence-electron chi connectivity index (χ0n) is 17.7. The molecule has 0 amide bonds. The van der Waals surface area contributed by atoms with Gasteiger partial charge in [-0.2, -0.15) is 0 Å². The molecule has 1 aliphatic heterocycles. The summed E-state index contributed by atoms with van der Waals surface area (Å²) in [6.45, 7) is 11.7. The van der Waals surface area contributed by atoms with E-state index in [0.717, 1.165) is 31.7 Å². The van der Waals surface area contributed by atoms with Gasteiger partial charge < -0.3 is 9.80 Å². The maximum Gasteiger partial charge on any atom is 0.250 e. The van der Waals surface area contributed by atoms with E-state index in [-0.39, 0.29) is 10.9 Å². The zero-order chi connectivity index (χ0) is 20.7. The lowest BCUT2D eigenvalue weighted by Crippen LogP contribution is -2.51. The van der Waals surface area contributed by atoms with Crippen LogP contribution < -0.4 is 20.7 Å². The van der Waals surface area contributed by atoms with Crippen LogP contribution in [0.1, 0.15) is 36.5 Å². The van der Waals surface area contributed by atoms with E-state index in [1.807, 2.05) is 12.1 Å². The van der Waals surface area contributed by atoms with Gasteiger partial charge in [-0.15, -0.1) is 0 Å². The van der Waals surface area contributed by atoms with E-state index in [9.17, 15) is 9.59 Å². The van der Waals surface area contributed by atoms with Crippen LogP contribution in [0, 0.1) is 13.8 Å². The third kappa shape index (κ3) is 3.48. The SMILES string of the molecule is Cc1ccc(C)c(N2CCN(c3c(-c4ccc(C(C)C)cc4)c(=O)c3=O)CC2)c1. The summed E-state index contributed by atoms with van der Waals surface area (Å²) in [5.74, 6) is 0.439. The van der Waals surface area contributed by atoms with Crippen LogP contribution in [0.15, 0.2) is 52.1 Å². The van der Waals surface area contributed by atoms with Gasteiger partial charge in [-0.05, 0) is 48.1 Å². The summed E-state index contributed by atoms with van der Waals surface area (Å²) in [5, 5.41) is 0. The third-order valence-corrected chi connectivity index (χ3v) is 6.05. The first-order valence-corrected chi connectivity index (χ1v) is 10.4. The average molecular weight is 389 g/mol. The molecule has 4 rings (SSSR count). The van der Waals surface area contributed by atoms with Crippen LogP contribution in [0.3, 0.4) is 0 Å². The molecule has 0 saturated carbocycles. The molecule has 1 fully saturated rings. The molecule has 0 aromatic heterocycles. The summed E-state index contributed by atoms with van der Waals surface area (Å²) >= 11 is 0. The Labute approximate surface area is 172 Å². The van der Waals surface area contributed by atoms with Gasteiger partial charge in [-0.1, -0.05) is 50.2 Å². The molecule has 3 aromatic rings. The van der Waals surface area contributed by atoms with E-state index in [1.54, 1.807) is 0 Å². The molecule has 1 heterocycles. The highest BCUT2D eigenvalue weighted by molar-refractivity contribution is 5.83. The number of anilines is 2. The van der Waals surface area contributed by atoms with Crippen LogP contribution in [0.4, 0.5) is 11.4 Å². The summed E-state index contributed by atoms with van der Waals surface area (Å²) in [6, 6.07) is 14.6. The summed E-state index contributed by atoms with van der Waals surface area (Å²) in [4.78, 5) is 29.2. The lowest BCUT2D eigenvalue weighted by atomic mass is 9.94. The first-order valence-electron chi connectivity index (χ1n) is 10.4. The van der Waals surface area contributed by atoms with E-state index >= 15 is 0 Å². The third-order valence-electron chi connectivity index (χ3n) is 6.05. The highest BCUT2D eigenvalue weighted by Gasteiger charge is 2.29. The molecule has 1 saturated heterocycles. The van der Waals surface area contributed by atoms with Crippen molar-refractivity contribution in [2.24, 2.45) is 0 Å². The Hall–Kier alpha value is -2.88. The summed E-state index contributed by atoms with van der Waals surface area (Å²) in [7, 11) is 0. The number of rotatable bonds is 4. The molecule has 29 heavy (non-hydrogen) atoms. The van der Waals surface area contributed by atoms with E-state index in [2.05, 4.69) is 67.8 Å². The molecular formula is C25H28N2O2. The molecule has 0 bridgehead atoms. The van der Waals surface area contributed by atoms with Crippen molar-refractivity contribution in [1.29, 1.82) is 0 Å². The molecule has 0 N–H and O–H groups in total. The monoisotopic (exact) mass is 388 g/mol. The predicted molar refractivity (Wildman–Crippen MR) is 121 cm³/mol. The first kappa shape index (κ1) is 19.4. The highest BCUT2D eigenvalue weighted by atomic mass is 16.2. The van der Waals surface area contributed by atoms with Gasteiger partial charge in [-0.25, -0.2) is 0 Å². The molecule has 0 radical (unpaired) electrons. The van der Waals surface area contributed by atoms with Crippen LogP contribution in [0.2, 0.25) is 0 Å². The van der Waals surface area contributed by atoms with Crippen molar-refractivity contribution in [2.45, 2.75) is 33.6 Å². The zero-order valence-corrected chi connectivity index (χ0v) is 17.7. The van der Waals surface area contributed by atoms with Crippen LogP contribution in [-0.4, -0.2) is 26.2 Å². The van der Waals surface area contributed by atoms with Crippen molar-refractivity contribution in [3.63, 3.8) is 0 Å². The van der Waals surface area contributed by atoms with E-state index in [4.69, 9.17) is 0 Å². The van der Waals surface area contributed by atoms with Gasteiger partial charge in [0.25, 0.3) is 0 Å². The Bertz CT molecular complexity index is 1100. The van der Waals surface area contributed by atoms with Crippen molar-refractivity contribution in [3.8, 4) is 11.1 Å². The number of benzene rings is 2. The lowest BCUT2D eigenvalue weighted by molar-refractivity contribution is 0.649. The van der Waals surface area contributed by atoms with Crippen LogP contribution in [0.5, 0.6) is 0 Å². The van der Waals surface area contributed by atoms with Gasteiger partial charge in [0.2, 0.25) is 10.9 Å². The Kier molecular flexibility index (Phi) is 5.03. The number of hydrogen-bond donors (Lipinski definition) is 0. The first-order chi connectivity index (χ1) is 13.9. The van der Waals surface area contributed by atoms with Crippen molar-refractivity contribution < 1.29 is 0 Å². The number of piperazine rings is 1.